The van der Waals surface area contributed by atoms with Crippen LogP contribution in [0.5, 0.6) is 0 Å². The number of benzene rings is 2. The third kappa shape index (κ3) is 2.31. The third-order valence-corrected chi connectivity index (χ3v) is 6.18. The average molecular weight is 443 g/mol. The van der Waals surface area contributed by atoms with Crippen LogP contribution in [0.3, 0.4) is 0 Å². The first-order valence-electron chi connectivity index (χ1n) is 9.68. The van der Waals surface area contributed by atoms with E-state index in [1.807, 2.05) is 0 Å². The number of anilines is 2. The number of ether oxygens (including phenoxy) is 1. The Bertz CT molecular complexity index is 1360. The molecule has 2 aromatic carbocycles. The van der Waals surface area contributed by atoms with Crippen molar-refractivity contribution in [3.63, 3.8) is 0 Å². The number of para-hydroxylation sites is 1. The number of terminal acetylenes is 1. The molecule has 1 spiro atoms. The molecule has 7 nitrogen and oxygen atoms in total. The van der Waals surface area contributed by atoms with Gasteiger partial charge in [0.15, 0.2) is 0 Å². The summed E-state index contributed by atoms with van der Waals surface area (Å²) in [5.41, 5.74) is 6.74. The summed E-state index contributed by atoms with van der Waals surface area (Å²) in [5.74, 6) is 1.31. The Morgan fingerprint density at radius 3 is 2.72 bits per heavy atom. The van der Waals surface area contributed by atoms with Crippen LogP contribution in [0, 0.1) is 23.7 Å². The highest BCUT2D eigenvalue weighted by atomic mass is 35.5. The van der Waals surface area contributed by atoms with Crippen LogP contribution in [-0.2, 0) is 19.7 Å². The standard InChI is InChI=1S/C24H15ClN4O3/c1-2-10-28-18-9-4-3-8-16(18)24(23(28)31)17(12-26)21(27)29(15-7-5-6-14(25)11-15)19-13-32-22(30)20(19)24/h1,3-9,11H,10,13,27H2/t24-/m1/s1. The number of nitriles is 1. The van der Waals surface area contributed by atoms with Crippen LogP contribution in [0.2, 0.25) is 5.02 Å². The van der Waals surface area contributed by atoms with Crippen molar-refractivity contribution in [3.8, 4) is 18.4 Å². The van der Waals surface area contributed by atoms with E-state index in [0.717, 1.165) is 0 Å². The molecule has 0 unspecified atom stereocenters. The van der Waals surface area contributed by atoms with Crippen LogP contribution in [0.4, 0.5) is 11.4 Å². The van der Waals surface area contributed by atoms with Gasteiger partial charge in [0.2, 0.25) is 5.91 Å². The molecule has 32 heavy (non-hydrogen) atoms. The quantitative estimate of drug-likeness (QED) is 0.567. The monoisotopic (exact) mass is 442 g/mol. The van der Waals surface area contributed by atoms with Gasteiger partial charge >= 0.3 is 5.97 Å². The summed E-state index contributed by atoms with van der Waals surface area (Å²) >= 11 is 6.18. The van der Waals surface area contributed by atoms with Crippen molar-refractivity contribution in [2.24, 2.45) is 5.73 Å². The SMILES string of the molecule is C#CCN1C(=O)[C@@]2(C(C#N)=C(N)N(c3cccc(Cl)c3)C3=C2C(=O)OC3)c2ccccc21. The van der Waals surface area contributed by atoms with Gasteiger partial charge in [0, 0.05) is 22.0 Å². The van der Waals surface area contributed by atoms with Crippen LogP contribution in [-0.4, -0.2) is 25.0 Å². The second kappa shape index (κ2) is 6.91. The van der Waals surface area contributed by atoms with E-state index in [0.29, 0.717) is 27.7 Å². The lowest BCUT2D eigenvalue weighted by molar-refractivity contribution is -0.137. The van der Waals surface area contributed by atoms with Gasteiger partial charge in [-0.3, -0.25) is 14.6 Å². The molecule has 0 aliphatic carbocycles. The van der Waals surface area contributed by atoms with Crippen LogP contribution in [0.1, 0.15) is 5.56 Å². The maximum absolute atomic E-state index is 13.9. The smallest absolute Gasteiger partial charge is 0.338 e. The third-order valence-electron chi connectivity index (χ3n) is 5.94. The predicted molar refractivity (Wildman–Crippen MR) is 118 cm³/mol. The Balaban J connectivity index is 1.87. The highest BCUT2D eigenvalue weighted by molar-refractivity contribution is 6.30. The molecule has 0 bridgehead atoms. The maximum atomic E-state index is 13.9. The fourth-order valence-corrected chi connectivity index (χ4v) is 4.94. The lowest BCUT2D eigenvalue weighted by Gasteiger charge is -2.38. The van der Waals surface area contributed by atoms with Crippen molar-refractivity contribution < 1.29 is 14.3 Å². The minimum absolute atomic E-state index is 0.0219. The molecule has 0 saturated carbocycles. The van der Waals surface area contributed by atoms with Crippen LogP contribution in [0.25, 0.3) is 0 Å². The molecule has 3 aliphatic heterocycles. The van der Waals surface area contributed by atoms with Gasteiger partial charge in [0.1, 0.15) is 23.9 Å². The summed E-state index contributed by atoms with van der Waals surface area (Å²) in [4.78, 5) is 30.0. The predicted octanol–water partition coefficient (Wildman–Crippen LogP) is 2.58. The second-order valence-corrected chi connectivity index (χ2v) is 7.88. The lowest BCUT2D eigenvalue weighted by Crippen LogP contribution is -2.50. The number of halogens is 1. The molecule has 2 N–H and O–H groups in total. The molecule has 8 heteroatoms. The molecule has 0 saturated heterocycles. The fourth-order valence-electron chi connectivity index (χ4n) is 4.75. The fraction of sp³-hybridized carbons (Fsp3) is 0.125. The van der Waals surface area contributed by atoms with Crippen molar-refractivity contribution in [3.05, 3.63) is 81.8 Å². The largest absolute Gasteiger partial charge is 0.456 e. The topological polar surface area (TPSA) is 99.7 Å². The number of nitrogens with zero attached hydrogens (tertiary/aromatic N) is 3. The highest BCUT2D eigenvalue weighted by Gasteiger charge is 2.63. The molecule has 3 aliphatic rings. The molecule has 0 aromatic heterocycles. The summed E-state index contributed by atoms with van der Waals surface area (Å²) in [6, 6.07) is 15.9. The molecule has 156 valence electrons. The number of amides is 1. The summed E-state index contributed by atoms with van der Waals surface area (Å²) in [6.45, 7) is -0.127. The van der Waals surface area contributed by atoms with Crippen molar-refractivity contribution in [2.45, 2.75) is 5.41 Å². The van der Waals surface area contributed by atoms with Gasteiger partial charge in [-0.2, -0.15) is 5.26 Å². The van der Waals surface area contributed by atoms with Gasteiger partial charge in [0.05, 0.1) is 23.4 Å². The van der Waals surface area contributed by atoms with Gasteiger partial charge in [-0.1, -0.05) is 41.8 Å². The number of hydrogen-bond donors (Lipinski definition) is 1. The average Bonchev–Trinajstić information content (AvgIpc) is 3.27. The van der Waals surface area contributed by atoms with Crippen molar-refractivity contribution in [1.29, 1.82) is 5.26 Å². The Hall–Kier alpha value is -4.20. The molecule has 1 amide bonds. The van der Waals surface area contributed by atoms with E-state index >= 15 is 0 Å². The minimum Gasteiger partial charge on any atom is -0.456 e. The Morgan fingerprint density at radius 1 is 1.22 bits per heavy atom. The molecule has 2 aromatic rings. The number of carbonyl (C=O) groups excluding carboxylic acids is 2. The summed E-state index contributed by atoms with van der Waals surface area (Å²) < 4.78 is 5.38. The number of fused-ring (bicyclic) bond motifs is 3. The molecule has 1 atom stereocenters. The molecule has 0 radical (unpaired) electrons. The van der Waals surface area contributed by atoms with Gasteiger partial charge in [-0.05, 0) is 24.3 Å². The second-order valence-electron chi connectivity index (χ2n) is 7.45. The van der Waals surface area contributed by atoms with E-state index < -0.39 is 17.3 Å². The summed E-state index contributed by atoms with van der Waals surface area (Å²) in [7, 11) is 0. The normalized spacial score (nSPS) is 21.5. The zero-order valence-electron chi connectivity index (χ0n) is 16.6. The van der Waals surface area contributed by atoms with Gasteiger partial charge in [-0.15, -0.1) is 6.42 Å². The molecular weight excluding hydrogens is 428 g/mol. The number of cyclic esters (lactones) is 1. The van der Waals surface area contributed by atoms with E-state index in [1.165, 1.54) is 4.90 Å². The van der Waals surface area contributed by atoms with E-state index in [-0.39, 0.29) is 30.1 Å². The molecule has 3 heterocycles. The number of carbonyl (C=O) groups is 2. The van der Waals surface area contributed by atoms with E-state index in [1.54, 1.807) is 53.4 Å². The van der Waals surface area contributed by atoms with Crippen molar-refractivity contribution in [2.75, 3.05) is 23.0 Å². The van der Waals surface area contributed by atoms with Crippen LogP contribution in [0.15, 0.2) is 71.2 Å². The zero-order chi connectivity index (χ0) is 22.6. The zero-order valence-corrected chi connectivity index (χ0v) is 17.4. The number of hydrogen-bond acceptors (Lipinski definition) is 6. The number of rotatable bonds is 2. The van der Waals surface area contributed by atoms with Crippen molar-refractivity contribution in [1.82, 2.24) is 0 Å². The highest BCUT2D eigenvalue weighted by Crippen LogP contribution is 2.56. The Morgan fingerprint density at radius 2 is 2.00 bits per heavy atom. The molecular formula is C24H15ClN4O3. The maximum Gasteiger partial charge on any atom is 0.338 e. The molecule has 5 rings (SSSR count). The van der Waals surface area contributed by atoms with Gasteiger partial charge in [0.25, 0.3) is 0 Å². The first-order valence-corrected chi connectivity index (χ1v) is 10.1. The Labute approximate surface area is 188 Å². The lowest BCUT2D eigenvalue weighted by atomic mass is 9.67. The minimum atomic E-state index is -1.73. The molecule has 0 fully saturated rings. The first-order chi connectivity index (χ1) is 15.5. The van der Waals surface area contributed by atoms with E-state index in [9.17, 15) is 14.9 Å². The van der Waals surface area contributed by atoms with E-state index in [4.69, 9.17) is 28.5 Å². The Kier molecular flexibility index (Phi) is 4.27. The number of esters is 1. The first kappa shape index (κ1) is 19.7. The number of nitrogens with two attached hydrogens (primary N) is 1. The van der Waals surface area contributed by atoms with Crippen molar-refractivity contribution >= 4 is 34.9 Å². The van der Waals surface area contributed by atoms with Crippen LogP contribution < -0.4 is 15.5 Å². The van der Waals surface area contributed by atoms with Gasteiger partial charge in [-0.25, -0.2) is 4.79 Å². The van der Waals surface area contributed by atoms with E-state index in [2.05, 4.69) is 12.0 Å². The van der Waals surface area contributed by atoms with Crippen LogP contribution >= 0.6 is 11.6 Å². The summed E-state index contributed by atoms with van der Waals surface area (Å²) in [6.07, 6.45) is 5.52. The summed E-state index contributed by atoms with van der Waals surface area (Å²) in [5, 5.41) is 10.7. The van der Waals surface area contributed by atoms with Gasteiger partial charge < -0.3 is 10.5 Å².